The summed E-state index contributed by atoms with van der Waals surface area (Å²) in [6, 6.07) is 7.91. The fraction of sp³-hybridized carbons (Fsp3) is 0.500. The molecule has 1 aromatic carbocycles. The Kier molecular flexibility index (Phi) is 5.90. The van der Waals surface area contributed by atoms with Crippen molar-refractivity contribution in [2.24, 2.45) is 0 Å². The van der Waals surface area contributed by atoms with Crippen LogP contribution < -0.4 is 0 Å². The predicted octanol–water partition coefficient (Wildman–Crippen LogP) is 1.90. The molecule has 0 spiro atoms. The van der Waals surface area contributed by atoms with E-state index in [-0.39, 0.29) is 5.91 Å². The highest BCUT2D eigenvalue weighted by atomic mass is 32.2. The number of amides is 1. The minimum absolute atomic E-state index is 0.0343. The number of hydrogen-bond donors (Lipinski definition) is 0. The molecule has 152 valence electrons. The topological polar surface area (TPSA) is 75.5 Å². The molecule has 0 atom stereocenters. The largest absolute Gasteiger partial charge is 0.340 e. The first-order valence-electron chi connectivity index (χ1n) is 9.61. The summed E-state index contributed by atoms with van der Waals surface area (Å²) in [5.74, 6) is 0.0343. The number of aromatic nitrogens is 2. The number of benzene rings is 1. The highest BCUT2D eigenvalue weighted by Crippen LogP contribution is 2.24. The molecule has 1 fully saturated rings. The minimum Gasteiger partial charge on any atom is -0.340 e. The molecule has 1 aromatic heterocycles. The van der Waals surface area contributed by atoms with Crippen molar-refractivity contribution in [3.05, 3.63) is 46.8 Å². The highest BCUT2D eigenvalue weighted by molar-refractivity contribution is 7.89. The number of hydrogen-bond acceptors (Lipinski definition) is 4. The van der Waals surface area contributed by atoms with Crippen LogP contribution in [-0.2, 0) is 27.8 Å². The summed E-state index contributed by atoms with van der Waals surface area (Å²) in [7, 11) is -3.61. The molecule has 0 saturated carbocycles. The Balaban J connectivity index is 1.67. The standard InChI is InChI=1S/C20H28N4O3S/c1-5-24-17(4)20(16(3)21-24)28(26,27)23-12-10-22(11-13-23)19(25)14-18-8-6-15(2)7-9-18/h6-9H,5,10-14H2,1-4H3. The van der Waals surface area contributed by atoms with Crippen LogP contribution in [0.3, 0.4) is 0 Å². The van der Waals surface area contributed by atoms with Crippen molar-refractivity contribution >= 4 is 15.9 Å². The van der Waals surface area contributed by atoms with Crippen LogP contribution in [0.1, 0.15) is 29.4 Å². The van der Waals surface area contributed by atoms with Crippen LogP contribution in [-0.4, -0.2) is 59.5 Å². The van der Waals surface area contributed by atoms with Gasteiger partial charge in [0.1, 0.15) is 4.90 Å². The van der Waals surface area contributed by atoms with E-state index >= 15 is 0 Å². The number of sulfonamides is 1. The van der Waals surface area contributed by atoms with Crippen molar-refractivity contribution in [1.29, 1.82) is 0 Å². The molecule has 2 heterocycles. The van der Waals surface area contributed by atoms with Crippen LogP contribution in [0.5, 0.6) is 0 Å². The molecule has 1 amide bonds. The van der Waals surface area contributed by atoms with Crippen LogP contribution in [0.15, 0.2) is 29.2 Å². The van der Waals surface area contributed by atoms with Crippen LogP contribution >= 0.6 is 0 Å². The molecule has 0 aliphatic carbocycles. The highest BCUT2D eigenvalue weighted by Gasteiger charge is 2.34. The number of carbonyl (C=O) groups excluding carboxylic acids is 1. The second-order valence-electron chi connectivity index (χ2n) is 7.26. The van der Waals surface area contributed by atoms with E-state index in [2.05, 4.69) is 5.10 Å². The molecule has 8 heteroatoms. The van der Waals surface area contributed by atoms with Crippen LogP contribution in [0.25, 0.3) is 0 Å². The van der Waals surface area contributed by atoms with E-state index in [0.29, 0.717) is 55.4 Å². The van der Waals surface area contributed by atoms with Crippen LogP contribution in [0, 0.1) is 20.8 Å². The molecule has 3 rings (SSSR count). The molecule has 1 aliphatic heterocycles. The van der Waals surface area contributed by atoms with E-state index in [1.54, 1.807) is 23.4 Å². The van der Waals surface area contributed by atoms with Gasteiger partial charge in [-0.3, -0.25) is 9.48 Å². The van der Waals surface area contributed by atoms with Gasteiger partial charge in [0.2, 0.25) is 15.9 Å². The second kappa shape index (κ2) is 8.05. The number of rotatable bonds is 5. The summed E-state index contributed by atoms with van der Waals surface area (Å²) in [6.07, 6.45) is 0.342. The molecular formula is C20H28N4O3S. The summed E-state index contributed by atoms with van der Waals surface area (Å²) in [4.78, 5) is 14.6. The van der Waals surface area contributed by atoms with Crippen molar-refractivity contribution in [1.82, 2.24) is 19.0 Å². The Morgan fingerprint density at radius 1 is 1.04 bits per heavy atom. The third kappa shape index (κ3) is 3.98. The summed E-state index contributed by atoms with van der Waals surface area (Å²) >= 11 is 0. The van der Waals surface area contributed by atoms with E-state index in [1.165, 1.54) is 4.31 Å². The Morgan fingerprint density at radius 2 is 1.64 bits per heavy atom. The van der Waals surface area contributed by atoms with Crippen molar-refractivity contribution in [3.63, 3.8) is 0 Å². The molecule has 28 heavy (non-hydrogen) atoms. The Labute approximate surface area is 167 Å². The lowest BCUT2D eigenvalue weighted by molar-refractivity contribution is -0.131. The first kappa shape index (κ1) is 20.5. The summed E-state index contributed by atoms with van der Waals surface area (Å²) in [6.45, 7) is 9.52. The maximum absolute atomic E-state index is 13.1. The zero-order valence-electron chi connectivity index (χ0n) is 17.0. The normalized spacial score (nSPS) is 15.8. The van der Waals surface area contributed by atoms with Gasteiger partial charge >= 0.3 is 0 Å². The predicted molar refractivity (Wildman–Crippen MR) is 108 cm³/mol. The molecule has 0 unspecified atom stereocenters. The summed E-state index contributed by atoms with van der Waals surface area (Å²) < 4.78 is 29.4. The average Bonchev–Trinajstić information content (AvgIpc) is 2.97. The van der Waals surface area contributed by atoms with E-state index < -0.39 is 10.0 Å². The number of nitrogens with zero attached hydrogens (tertiary/aromatic N) is 4. The van der Waals surface area contributed by atoms with Gasteiger partial charge in [-0.2, -0.15) is 9.40 Å². The van der Waals surface area contributed by atoms with E-state index in [0.717, 1.165) is 11.1 Å². The quantitative estimate of drug-likeness (QED) is 0.763. The Hall–Kier alpha value is -2.19. The van der Waals surface area contributed by atoms with Crippen molar-refractivity contribution in [3.8, 4) is 0 Å². The number of carbonyl (C=O) groups is 1. The molecule has 0 radical (unpaired) electrons. The van der Waals surface area contributed by atoms with Crippen molar-refractivity contribution in [2.45, 2.75) is 45.6 Å². The average molecular weight is 405 g/mol. The first-order chi connectivity index (χ1) is 13.2. The van der Waals surface area contributed by atoms with Gasteiger partial charge in [0.15, 0.2) is 0 Å². The summed E-state index contributed by atoms with van der Waals surface area (Å²) in [5, 5.41) is 4.33. The van der Waals surface area contributed by atoms with Gasteiger partial charge in [-0.05, 0) is 33.3 Å². The molecule has 1 saturated heterocycles. The molecular weight excluding hydrogens is 376 g/mol. The smallest absolute Gasteiger partial charge is 0.246 e. The van der Waals surface area contributed by atoms with Gasteiger partial charge in [0.25, 0.3) is 0 Å². The Bertz CT molecular complexity index is 956. The van der Waals surface area contributed by atoms with Gasteiger partial charge in [-0.1, -0.05) is 29.8 Å². The Morgan fingerprint density at radius 3 is 2.18 bits per heavy atom. The third-order valence-corrected chi connectivity index (χ3v) is 7.43. The monoisotopic (exact) mass is 404 g/mol. The lowest BCUT2D eigenvalue weighted by atomic mass is 10.1. The van der Waals surface area contributed by atoms with Gasteiger partial charge in [0, 0.05) is 32.7 Å². The zero-order valence-corrected chi connectivity index (χ0v) is 17.8. The molecule has 1 aliphatic rings. The lowest BCUT2D eigenvalue weighted by Gasteiger charge is -2.34. The SMILES string of the molecule is CCn1nc(C)c(S(=O)(=O)N2CCN(C(=O)Cc3ccc(C)cc3)CC2)c1C. The van der Waals surface area contributed by atoms with Crippen LogP contribution in [0.4, 0.5) is 0 Å². The third-order valence-electron chi connectivity index (χ3n) is 5.28. The van der Waals surface area contributed by atoms with E-state index in [4.69, 9.17) is 0 Å². The first-order valence-corrected chi connectivity index (χ1v) is 11.1. The van der Waals surface area contributed by atoms with E-state index in [1.807, 2.05) is 38.1 Å². The van der Waals surface area contributed by atoms with E-state index in [9.17, 15) is 13.2 Å². The molecule has 2 aromatic rings. The van der Waals surface area contributed by atoms with Gasteiger partial charge in [-0.25, -0.2) is 8.42 Å². The fourth-order valence-corrected chi connectivity index (χ4v) is 5.46. The lowest BCUT2D eigenvalue weighted by Crippen LogP contribution is -2.51. The molecule has 7 nitrogen and oxygen atoms in total. The zero-order chi connectivity index (χ0) is 20.5. The number of aryl methyl sites for hydroxylation is 3. The van der Waals surface area contributed by atoms with Gasteiger partial charge < -0.3 is 4.90 Å². The fourth-order valence-electron chi connectivity index (χ4n) is 3.66. The van der Waals surface area contributed by atoms with Crippen molar-refractivity contribution < 1.29 is 13.2 Å². The summed E-state index contributed by atoms with van der Waals surface area (Å²) in [5.41, 5.74) is 3.32. The number of piperazine rings is 1. The van der Waals surface area contributed by atoms with Crippen LogP contribution in [0.2, 0.25) is 0 Å². The van der Waals surface area contributed by atoms with Crippen molar-refractivity contribution in [2.75, 3.05) is 26.2 Å². The minimum atomic E-state index is -3.61. The van der Waals surface area contributed by atoms with Gasteiger partial charge in [-0.15, -0.1) is 0 Å². The molecule has 0 N–H and O–H groups in total. The van der Waals surface area contributed by atoms with Gasteiger partial charge in [0.05, 0.1) is 17.8 Å². The second-order valence-corrected chi connectivity index (χ2v) is 9.14. The maximum atomic E-state index is 13.1. The maximum Gasteiger partial charge on any atom is 0.246 e. The molecule has 0 bridgehead atoms.